The second kappa shape index (κ2) is 4.42. The molecule has 2 nitrogen and oxygen atoms in total. The minimum atomic E-state index is -0.612. The minimum absolute atomic E-state index is 0.291. The molecule has 0 spiro atoms. The SMILES string of the molecule is Cc1cc2nc(-c3ccc(F)cc3F)cn2cc1Br. The zero-order chi connectivity index (χ0) is 13.6. The van der Waals surface area contributed by atoms with Crippen LogP contribution >= 0.6 is 15.9 Å². The normalized spacial score (nSPS) is 11.2. The van der Waals surface area contributed by atoms with E-state index in [4.69, 9.17) is 0 Å². The molecule has 0 fully saturated rings. The van der Waals surface area contributed by atoms with Gasteiger partial charge in [0.15, 0.2) is 0 Å². The van der Waals surface area contributed by atoms with Crippen LogP contribution in [0.2, 0.25) is 0 Å². The van der Waals surface area contributed by atoms with Gasteiger partial charge in [-0.15, -0.1) is 0 Å². The van der Waals surface area contributed by atoms with Gasteiger partial charge in [0.25, 0.3) is 0 Å². The van der Waals surface area contributed by atoms with Gasteiger partial charge in [-0.25, -0.2) is 13.8 Å². The van der Waals surface area contributed by atoms with E-state index in [1.54, 1.807) is 10.6 Å². The van der Waals surface area contributed by atoms with Crippen LogP contribution < -0.4 is 0 Å². The molecule has 0 N–H and O–H groups in total. The number of hydrogen-bond acceptors (Lipinski definition) is 1. The first kappa shape index (κ1) is 12.3. The largest absolute Gasteiger partial charge is 0.305 e. The fourth-order valence-corrected chi connectivity index (χ4v) is 2.27. The minimum Gasteiger partial charge on any atom is -0.305 e. The number of imidazole rings is 1. The standard InChI is InChI=1S/C14H9BrF2N2/c1-8-4-14-18-13(7-19(14)6-11(8)15)10-3-2-9(16)5-12(10)17/h2-7H,1H3. The van der Waals surface area contributed by atoms with Gasteiger partial charge in [0, 0.05) is 28.5 Å². The Balaban J connectivity index is 2.20. The van der Waals surface area contributed by atoms with Crippen LogP contribution in [-0.2, 0) is 0 Å². The maximum Gasteiger partial charge on any atom is 0.137 e. The van der Waals surface area contributed by atoms with Crippen LogP contribution in [0.5, 0.6) is 0 Å². The zero-order valence-corrected chi connectivity index (χ0v) is 11.6. The molecule has 0 bridgehead atoms. The molecule has 0 aliphatic heterocycles. The van der Waals surface area contributed by atoms with Crippen LogP contribution in [0, 0.1) is 18.6 Å². The maximum absolute atomic E-state index is 13.7. The van der Waals surface area contributed by atoms with Crippen LogP contribution in [0.4, 0.5) is 8.78 Å². The van der Waals surface area contributed by atoms with Crippen molar-refractivity contribution in [3.8, 4) is 11.3 Å². The molecule has 0 radical (unpaired) electrons. The molecule has 0 aliphatic rings. The summed E-state index contributed by atoms with van der Waals surface area (Å²) in [6, 6.07) is 5.38. The second-order valence-electron chi connectivity index (χ2n) is 4.32. The van der Waals surface area contributed by atoms with Gasteiger partial charge >= 0.3 is 0 Å². The molecule has 2 heterocycles. The summed E-state index contributed by atoms with van der Waals surface area (Å²) in [5.41, 5.74) is 2.54. The van der Waals surface area contributed by atoms with Crippen molar-refractivity contribution >= 4 is 21.6 Å². The van der Waals surface area contributed by atoms with Crippen molar-refractivity contribution in [2.24, 2.45) is 0 Å². The van der Waals surface area contributed by atoms with Gasteiger partial charge < -0.3 is 4.40 Å². The highest BCUT2D eigenvalue weighted by atomic mass is 79.9. The molecular formula is C14H9BrF2N2. The average molecular weight is 323 g/mol. The predicted octanol–water partition coefficient (Wildman–Crippen LogP) is 4.35. The van der Waals surface area contributed by atoms with Crippen LogP contribution in [0.1, 0.15) is 5.56 Å². The van der Waals surface area contributed by atoms with E-state index < -0.39 is 11.6 Å². The zero-order valence-electron chi connectivity index (χ0n) is 9.99. The van der Waals surface area contributed by atoms with Crippen molar-refractivity contribution in [1.82, 2.24) is 9.38 Å². The molecule has 1 aromatic carbocycles. The maximum atomic E-state index is 13.7. The molecule has 19 heavy (non-hydrogen) atoms. The van der Waals surface area contributed by atoms with E-state index in [1.165, 1.54) is 12.1 Å². The number of aromatic nitrogens is 2. The monoisotopic (exact) mass is 322 g/mol. The van der Waals surface area contributed by atoms with Crippen molar-refractivity contribution < 1.29 is 8.78 Å². The Morgan fingerprint density at radius 3 is 2.68 bits per heavy atom. The van der Waals surface area contributed by atoms with Crippen LogP contribution in [-0.4, -0.2) is 9.38 Å². The van der Waals surface area contributed by atoms with Crippen LogP contribution in [0.3, 0.4) is 0 Å². The lowest BCUT2D eigenvalue weighted by molar-refractivity contribution is 0.585. The summed E-state index contributed by atoms with van der Waals surface area (Å²) in [7, 11) is 0. The molecule has 0 saturated carbocycles. The summed E-state index contributed by atoms with van der Waals surface area (Å²) < 4.78 is 29.4. The fraction of sp³-hybridized carbons (Fsp3) is 0.0714. The Morgan fingerprint density at radius 2 is 1.95 bits per heavy atom. The van der Waals surface area contributed by atoms with E-state index in [0.29, 0.717) is 11.3 Å². The third-order valence-corrected chi connectivity index (χ3v) is 3.77. The van der Waals surface area contributed by atoms with Gasteiger partial charge in [-0.3, -0.25) is 0 Å². The molecule has 5 heteroatoms. The summed E-state index contributed by atoms with van der Waals surface area (Å²) in [5, 5.41) is 0. The lowest BCUT2D eigenvalue weighted by Crippen LogP contribution is -1.85. The molecule has 0 atom stereocenters. The molecule has 96 valence electrons. The molecule has 0 unspecified atom stereocenters. The highest BCUT2D eigenvalue weighted by Crippen LogP contribution is 2.25. The summed E-state index contributed by atoms with van der Waals surface area (Å²) in [4.78, 5) is 4.36. The number of benzene rings is 1. The van der Waals surface area contributed by atoms with Gasteiger partial charge in [-0.1, -0.05) is 0 Å². The molecule has 0 amide bonds. The first-order valence-electron chi connectivity index (χ1n) is 5.65. The number of pyridine rings is 1. The summed E-state index contributed by atoms with van der Waals surface area (Å²) in [5.74, 6) is -1.21. The highest BCUT2D eigenvalue weighted by molar-refractivity contribution is 9.10. The van der Waals surface area contributed by atoms with Crippen molar-refractivity contribution in [3.63, 3.8) is 0 Å². The van der Waals surface area contributed by atoms with E-state index in [2.05, 4.69) is 20.9 Å². The highest BCUT2D eigenvalue weighted by Gasteiger charge is 2.11. The van der Waals surface area contributed by atoms with E-state index in [1.807, 2.05) is 19.2 Å². The number of hydrogen-bond donors (Lipinski definition) is 0. The predicted molar refractivity (Wildman–Crippen MR) is 73.0 cm³/mol. The number of halogens is 3. The summed E-state index contributed by atoms with van der Waals surface area (Å²) in [6.07, 6.45) is 3.58. The Hall–Kier alpha value is -1.75. The fourth-order valence-electron chi connectivity index (χ4n) is 1.93. The molecule has 2 aromatic heterocycles. The van der Waals surface area contributed by atoms with Gasteiger partial charge in [0.05, 0.1) is 5.69 Å². The van der Waals surface area contributed by atoms with Gasteiger partial charge in [-0.2, -0.15) is 0 Å². The van der Waals surface area contributed by atoms with E-state index in [9.17, 15) is 8.78 Å². The molecule has 0 saturated heterocycles. The third kappa shape index (κ3) is 2.14. The Labute approximate surface area is 116 Å². The Kier molecular flexibility index (Phi) is 2.86. The first-order chi connectivity index (χ1) is 9.04. The second-order valence-corrected chi connectivity index (χ2v) is 5.17. The first-order valence-corrected chi connectivity index (χ1v) is 6.44. The van der Waals surface area contributed by atoms with Crippen molar-refractivity contribution in [2.45, 2.75) is 6.92 Å². The van der Waals surface area contributed by atoms with Crippen LogP contribution in [0.15, 0.2) is 41.1 Å². The molecule has 0 aliphatic carbocycles. The number of fused-ring (bicyclic) bond motifs is 1. The summed E-state index contributed by atoms with van der Waals surface area (Å²) in [6.45, 7) is 1.96. The van der Waals surface area contributed by atoms with E-state index in [-0.39, 0.29) is 0 Å². The lowest BCUT2D eigenvalue weighted by atomic mass is 10.1. The van der Waals surface area contributed by atoms with Crippen molar-refractivity contribution in [1.29, 1.82) is 0 Å². The third-order valence-electron chi connectivity index (χ3n) is 2.94. The smallest absolute Gasteiger partial charge is 0.137 e. The number of rotatable bonds is 1. The summed E-state index contributed by atoms with van der Waals surface area (Å²) >= 11 is 3.43. The van der Waals surface area contributed by atoms with Gasteiger partial charge in [-0.05, 0) is 46.6 Å². The topological polar surface area (TPSA) is 17.3 Å². The molecule has 3 rings (SSSR count). The number of aryl methyl sites for hydroxylation is 1. The quantitative estimate of drug-likeness (QED) is 0.651. The average Bonchev–Trinajstić information content (AvgIpc) is 2.72. The Bertz CT molecular complexity index is 741. The van der Waals surface area contributed by atoms with Gasteiger partial charge in [0.1, 0.15) is 17.3 Å². The lowest BCUT2D eigenvalue weighted by Gasteiger charge is -1.98. The Morgan fingerprint density at radius 1 is 1.16 bits per heavy atom. The molecule has 3 aromatic rings. The van der Waals surface area contributed by atoms with E-state index in [0.717, 1.165) is 21.7 Å². The van der Waals surface area contributed by atoms with Crippen molar-refractivity contribution in [2.75, 3.05) is 0 Å². The molecular weight excluding hydrogens is 314 g/mol. The number of nitrogens with zero attached hydrogens (tertiary/aromatic N) is 2. The van der Waals surface area contributed by atoms with Gasteiger partial charge in [0.2, 0.25) is 0 Å². The van der Waals surface area contributed by atoms with Crippen LogP contribution in [0.25, 0.3) is 16.9 Å². The van der Waals surface area contributed by atoms with Crippen molar-refractivity contribution in [3.05, 3.63) is 58.3 Å². The van der Waals surface area contributed by atoms with E-state index >= 15 is 0 Å².